The van der Waals surface area contributed by atoms with Gasteiger partial charge in [-0.1, -0.05) is 30.3 Å². The van der Waals surface area contributed by atoms with Crippen LogP contribution in [0.15, 0.2) is 35.3 Å². The maximum Gasteiger partial charge on any atom is 0.410 e. The number of carbonyl (C=O) groups excluding carboxylic acids is 1. The van der Waals surface area contributed by atoms with E-state index < -0.39 is 5.60 Å². The van der Waals surface area contributed by atoms with Crippen molar-refractivity contribution >= 4 is 12.1 Å². The van der Waals surface area contributed by atoms with E-state index in [-0.39, 0.29) is 6.09 Å². The third kappa shape index (κ3) is 7.73. The van der Waals surface area contributed by atoms with Crippen molar-refractivity contribution in [3.8, 4) is 0 Å². The number of benzene rings is 1. The molecular weight excluding hydrogens is 392 g/mol. The highest BCUT2D eigenvalue weighted by atomic mass is 16.6. The molecule has 0 bridgehead atoms. The van der Waals surface area contributed by atoms with E-state index in [0.29, 0.717) is 31.7 Å². The zero-order chi connectivity index (χ0) is 22.3. The Morgan fingerprint density at radius 3 is 2.61 bits per heavy atom. The number of rotatable bonds is 8. The van der Waals surface area contributed by atoms with Crippen molar-refractivity contribution in [1.29, 1.82) is 0 Å². The first-order valence-electron chi connectivity index (χ1n) is 11.4. The summed E-state index contributed by atoms with van der Waals surface area (Å²) in [6, 6.07) is 10.6. The van der Waals surface area contributed by atoms with Crippen LogP contribution in [0.25, 0.3) is 0 Å². The van der Waals surface area contributed by atoms with Crippen molar-refractivity contribution < 1.29 is 14.3 Å². The Morgan fingerprint density at radius 1 is 1.23 bits per heavy atom. The smallest absolute Gasteiger partial charge is 0.410 e. The standard InChI is InChI=1S/C24H38N4O3/c1-24(2,3)31-23(29)28(21-10-11-21)15-13-26-22(25-4)27-14-12-20(16-27)18-30-17-19-8-6-5-7-9-19/h5-9,20-21H,10-18H2,1-4H3,(H,25,26). The Labute approximate surface area is 186 Å². The molecule has 1 saturated heterocycles. The molecule has 172 valence electrons. The summed E-state index contributed by atoms with van der Waals surface area (Å²) in [6.07, 6.45) is 3.00. The first-order valence-corrected chi connectivity index (χ1v) is 11.4. The van der Waals surface area contributed by atoms with E-state index in [0.717, 1.165) is 44.9 Å². The fraction of sp³-hybridized carbons (Fsp3) is 0.667. The van der Waals surface area contributed by atoms with Crippen LogP contribution in [0, 0.1) is 5.92 Å². The second-order valence-corrected chi connectivity index (χ2v) is 9.48. The lowest BCUT2D eigenvalue weighted by molar-refractivity contribution is 0.0237. The van der Waals surface area contributed by atoms with Gasteiger partial charge in [-0.25, -0.2) is 4.79 Å². The van der Waals surface area contributed by atoms with Gasteiger partial charge in [-0.3, -0.25) is 4.99 Å². The number of amides is 1. The molecule has 0 spiro atoms. The van der Waals surface area contributed by atoms with Gasteiger partial charge < -0.3 is 24.6 Å². The van der Waals surface area contributed by atoms with Crippen LogP contribution in [0.5, 0.6) is 0 Å². The fourth-order valence-electron chi connectivity index (χ4n) is 3.83. The number of carbonyl (C=O) groups is 1. The summed E-state index contributed by atoms with van der Waals surface area (Å²) in [5, 5.41) is 3.43. The summed E-state index contributed by atoms with van der Waals surface area (Å²) in [6.45, 7) is 10.3. The third-order valence-corrected chi connectivity index (χ3v) is 5.51. The van der Waals surface area contributed by atoms with Crippen molar-refractivity contribution in [2.75, 3.05) is 39.8 Å². The minimum absolute atomic E-state index is 0.219. The Hall–Kier alpha value is -2.28. The largest absolute Gasteiger partial charge is 0.444 e. The molecule has 1 saturated carbocycles. The molecule has 1 N–H and O–H groups in total. The lowest BCUT2D eigenvalue weighted by atomic mass is 10.1. The van der Waals surface area contributed by atoms with Crippen molar-refractivity contribution in [3.05, 3.63) is 35.9 Å². The molecule has 1 aliphatic carbocycles. The molecule has 1 aromatic rings. The Kier molecular flexibility index (Phi) is 8.18. The lowest BCUT2D eigenvalue weighted by Gasteiger charge is -2.28. The van der Waals surface area contributed by atoms with Gasteiger partial charge in [0.1, 0.15) is 5.60 Å². The molecule has 0 aromatic heterocycles. The molecule has 3 rings (SSSR count). The maximum atomic E-state index is 12.5. The van der Waals surface area contributed by atoms with Gasteiger partial charge in [-0.2, -0.15) is 0 Å². The van der Waals surface area contributed by atoms with E-state index >= 15 is 0 Å². The average molecular weight is 431 g/mol. The van der Waals surface area contributed by atoms with Crippen LogP contribution in [-0.4, -0.2) is 73.3 Å². The second kappa shape index (κ2) is 10.8. The van der Waals surface area contributed by atoms with E-state index in [1.54, 1.807) is 0 Å². The number of nitrogens with zero attached hydrogens (tertiary/aromatic N) is 3. The van der Waals surface area contributed by atoms with Gasteiger partial charge in [0.25, 0.3) is 0 Å². The molecule has 1 aromatic carbocycles. The molecule has 1 amide bonds. The molecule has 1 atom stereocenters. The Morgan fingerprint density at radius 2 is 1.97 bits per heavy atom. The van der Waals surface area contributed by atoms with Gasteiger partial charge in [-0.15, -0.1) is 0 Å². The van der Waals surface area contributed by atoms with Crippen LogP contribution in [-0.2, 0) is 16.1 Å². The van der Waals surface area contributed by atoms with Crippen molar-refractivity contribution in [2.45, 2.75) is 58.3 Å². The van der Waals surface area contributed by atoms with Gasteiger partial charge in [0.15, 0.2) is 5.96 Å². The van der Waals surface area contributed by atoms with Crippen LogP contribution >= 0.6 is 0 Å². The zero-order valence-electron chi connectivity index (χ0n) is 19.5. The number of guanidine groups is 1. The Balaban J connectivity index is 1.39. The lowest BCUT2D eigenvalue weighted by Crippen LogP contribution is -2.46. The molecule has 1 unspecified atom stereocenters. The SMILES string of the molecule is CN=C(NCCN(C(=O)OC(C)(C)C)C1CC1)N1CCC(COCc2ccccc2)C1. The van der Waals surface area contributed by atoms with Crippen LogP contribution in [0.1, 0.15) is 45.6 Å². The number of aliphatic imine (C=N–C) groups is 1. The van der Waals surface area contributed by atoms with E-state index in [1.165, 1.54) is 5.56 Å². The minimum Gasteiger partial charge on any atom is -0.444 e. The van der Waals surface area contributed by atoms with E-state index in [9.17, 15) is 4.79 Å². The molecule has 7 heteroatoms. The van der Waals surface area contributed by atoms with Crippen molar-refractivity contribution in [1.82, 2.24) is 15.1 Å². The first kappa shape index (κ1) is 23.4. The fourth-order valence-corrected chi connectivity index (χ4v) is 3.83. The predicted molar refractivity (Wildman–Crippen MR) is 123 cm³/mol. The number of ether oxygens (including phenoxy) is 2. The van der Waals surface area contributed by atoms with E-state index in [4.69, 9.17) is 9.47 Å². The highest BCUT2D eigenvalue weighted by molar-refractivity contribution is 5.80. The predicted octanol–water partition coefficient (Wildman–Crippen LogP) is 3.50. The van der Waals surface area contributed by atoms with Gasteiger partial charge in [-0.05, 0) is 45.6 Å². The number of hydrogen-bond donors (Lipinski definition) is 1. The average Bonchev–Trinajstić information content (AvgIpc) is 3.45. The Bertz CT molecular complexity index is 728. The quantitative estimate of drug-likeness (QED) is 0.505. The summed E-state index contributed by atoms with van der Waals surface area (Å²) in [4.78, 5) is 21.1. The van der Waals surface area contributed by atoms with Crippen molar-refractivity contribution in [2.24, 2.45) is 10.9 Å². The summed E-state index contributed by atoms with van der Waals surface area (Å²) in [5.74, 6) is 1.40. The normalized spacial score (nSPS) is 19.4. The number of nitrogens with one attached hydrogen (secondary N) is 1. The summed E-state index contributed by atoms with van der Waals surface area (Å²) in [7, 11) is 1.81. The van der Waals surface area contributed by atoms with Crippen LogP contribution in [0.3, 0.4) is 0 Å². The first-order chi connectivity index (χ1) is 14.9. The monoisotopic (exact) mass is 430 g/mol. The summed E-state index contributed by atoms with van der Waals surface area (Å²) >= 11 is 0. The molecule has 2 fully saturated rings. The highest BCUT2D eigenvalue weighted by Crippen LogP contribution is 2.28. The van der Waals surface area contributed by atoms with E-state index in [1.807, 2.05) is 50.9 Å². The minimum atomic E-state index is -0.471. The van der Waals surface area contributed by atoms with Crippen LogP contribution in [0.2, 0.25) is 0 Å². The van der Waals surface area contributed by atoms with Crippen molar-refractivity contribution in [3.63, 3.8) is 0 Å². The van der Waals surface area contributed by atoms with Gasteiger partial charge in [0.05, 0.1) is 13.2 Å². The topological polar surface area (TPSA) is 66.4 Å². The molecule has 31 heavy (non-hydrogen) atoms. The molecule has 2 aliphatic rings. The van der Waals surface area contributed by atoms with Crippen LogP contribution in [0.4, 0.5) is 4.79 Å². The summed E-state index contributed by atoms with van der Waals surface area (Å²) < 4.78 is 11.5. The second-order valence-electron chi connectivity index (χ2n) is 9.48. The molecule has 7 nitrogen and oxygen atoms in total. The number of hydrogen-bond acceptors (Lipinski definition) is 4. The van der Waals surface area contributed by atoms with Gasteiger partial charge >= 0.3 is 6.09 Å². The van der Waals surface area contributed by atoms with Gasteiger partial charge in [0.2, 0.25) is 0 Å². The van der Waals surface area contributed by atoms with Crippen LogP contribution < -0.4 is 5.32 Å². The molecular formula is C24H38N4O3. The molecule has 1 heterocycles. The maximum absolute atomic E-state index is 12.5. The van der Waals surface area contributed by atoms with E-state index in [2.05, 4.69) is 27.3 Å². The number of likely N-dealkylation sites (tertiary alicyclic amines) is 1. The highest BCUT2D eigenvalue weighted by Gasteiger charge is 2.35. The molecule has 0 radical (unpaired) electrons. The van der Waals surface area contributed by atoms with Gasteiger partial charge in [0, 0.05) is 45.2 Å². The molecule has 1 aliphatic heterocycles. The third-order valence-electron chi connectivity index (χ3n) is 5.51. The summed E-state index contributed by atoms with van der Waals surface area (Å²) in [5.41, 5.74) is 0.737. The zero-order valence-corrected chi connectivity index (χ0v) is 19.5.